The van der Waals surface area contributed by atoms with Crippen LogP contribution in [0.15, 0.2) is 24.3 Å². The topological polar surface area (TPSA) is 84.9 Å². The number of ether oxygens (including phenoxy) is 2. The fraction of sp³-hybridized carbons (Fsp3) is 0.588. The Bertz CT molecular complexity index is 733. The first-order valence-electron chi connectivity index (χ1n) is 8.32. The highest BCUT2D eigenvalue weighted by atomic mass is 32.2. The first-order valence-corrected chi connectivity index (χ1v) is 10.2. The number of rotatable bonds is 5. The minimum absolute atomic E-state index is 0.0195. The van der Waals surface area contributed by atoms with E-state index in [0.29, 0.717) is 37.6 Å². The molecule has 8 heteroatoms. The van der Waals surface area contributed by atoms with Gasteiger partial charge in [-0.1, -0.05) is 6.07 Å². The van der Waals surface area contributed by atoms with Crippen LogP contribution in [0.3, 0.4) is 0 Å². The molecule has 138 valence electrons. The lowest BCUT2D eigenvalue weighted by Gasteiger charge is -2.52. The molecule has 2 aliphatic rings. The molecule has 2 aliphatic heterocycles. The van der Waals surface area contributed by atoms with Crippen LogP contribution in [0.2, 0.25) is 0 Å². The van der Waals surface area contributed by atoms with Crippen molar-refractivity contribution in [2.75, 3.05) is 39.6 Å². The highest BCUT2D eigenvalue weighted by molar-refractivity contribution is 7.88. The van der Waals surface area contributed by atoms with Crippen molar-refractivity contribution in [1.29, 1.82) is 0 Å². The smallest absolute Gasteiger partial charge is 0.254 e. The van der Waals surface area contributed by atoms with E-state index >= 15 is 0 Å². The largest absolute Gasteiger partial charge is 0.497 e. The van der Waals surface area contributed by atoms with Crippen molar-refractivity contribution in [1.82, 2.24) is 9.62 Å². The summed E-state index contributed by atoms with van der Waals surface area (Å²) in [4.78, 5) is 14.3. The summed E-state index contributed by atoms with van der Waals surface area (Å²) in [6.07, 6.45) is 2.89. The van der Waals surface area contributed by atoms with Gasteiger partial charge in [0, 0.05) is 12.1 Å². The zero-order valence-corrected chi connectivity index (χ0v) is 15.3. The molecule has 0 aromatic heterocycles. The molecule has 0 radical (unpaired) electrons. The number of methoxy groups -OCH3 is 1. The summed E-state index contributed by atoms with van der Waals surface area (Å²) >= 11 is 0. The molecule has 0 bridgehead atoms. The number of carbonyl (C=O) groups excluding carboxylic acids is 1. The summed E-state index contributed by atoms with van der Waals surface area (Å²) in [7, 11) is -1.59. The predicted molar refractivity (Wildman–Crippen MR) is 93.2 cm³/mol. The summed E-state index contributed by atoms with van der Waals surface area (Å²) < 4.78 is 36.0. The fourth-order valence-corrected chi connectivity index (χ4v) is 3.87. The molecule has 0 unspecified atom stereocenters. The molecule has 3 rings (SSSR count). The molecule has 2 saturated heterocycles. The SMILES string of the molecule is COc1cccc(C(=O)N2CC3(CC[C@@H](CNS(C)(=O)=O)CO3)C2)c1. The third kappa shape index (κ3) is 4.31. The molecule has 1 atom stereocenters. The van der Waals surface area contributed by atoms with Crippen LogP contribution in [0.1, 0.15) is 23.2 Å². The second kappa shape index (κ2) is 6.93. The number of amides is 1. The molecule has 0 aliphatic carbocycles. The van der Waals surface area contributed by atoms with Gasteiger partial charge in [0.25, 0.3) is 5.91 Å². The van der Waals surface area contributed by atoms with Gasteiger partial charge >= 0.3 is 0 Å². The van der Waals surface area contributed by atoms with Crippen molar-refractivity contribution in [2.45, 2.75) is 18.4 Å². The average Bonchev–Trinajstić information content (AvgIpc) is 2.57. The van der Waals surface area contributed by atoms with E-state index in [1.807, 2.05) is 6.07 Å². The Hall–Kier alpha value is -1.64. The summed E-state index contributed by atoms with van der Waals surface area (Å²) in [5.74, 6) is 0.827. The number of hydrogen-bond donors (Lipinski definition) is 1. The van der Waals surface area contributed by atoms with Crippen molar-refractivity contribution in [2.24, 2.45) is 5.92 Å². The summed E-state index contributed by atoms with van der Waals surface area (Å²) in [6, 6.07) is 7.13. The zero-order valence-electron chi connectivity index (χ0n) is 14.5. The lowest BCUT2D eigenvalue weighted by Crippen LogP contribution is -2.66. The second-order valence-electron chi connectivity index (χ2n) is 6.91. The van der Waals surface area contributed by atoms with E-state index in [2.05, 4.69) is 4.72 Å². The highest BCUT2D eigenvalue weighted by Gasteiger charge is 2.48. The van der Waals surface area contributed by atoms with Crippen molar-refractivity contribution in [3.8, 4) is 5.75 Å². The lowest BCUT2D eigenvalue weighted by molar-refractivity contribution is -0.165. The fourth-order valence-electron chi connectivity index (χ4n) is 3.33. The van der Waals surface area contributed by atoms with E-state index in [9.17, 15) is 13.2 Å². The number of likely N-dealkylation sites (tertiary alicyclic amines) is 1. The molecule has 7 nitrogen and oxygen atoms in total. The molecule has 0 saturated carbocycles. The number of benzene rings is 1. The number of sulfonamides is 1. The Morgan fingerprint density at radius 1 is 1.44 bits per heavy atom. The third-order valence-electron chi connectivity index (χ3n) is 4.83. The molecule has 1 amide bonds. The van der Waals surface area contributed by atoms with E-state index < -0.39 is 10.0 Å². The maximum Gasteiger partial charge on any atom is 0.254 e. The lowest BCUT2D eigenvalue weighted by atomic mass is 9.82. The molecule has 1 N–H and O–H groups in total. The quantitative estimate of drug-likeness (QED) is 0.833. The van der Waals surface area contributed by atoms with Crippen LogP contribution in [0.5, 0.6) is 5.75 Å². The molecular formula is C17H24N2O5S. The van der Waals surface area contributed by atoms with Crippen molar-refractivity contribution in [3.05, 3.63) is 29.8 Å². The maximum atomic E-state index is 12.5. The predicted octanol–water partition coefficient (Wildman–Crippen LogP) is 0.866. The van der Waals surface area contributed by atoms with Crippen LogP contribution in [-0.2, 0) is 14.8 Å². The Morgan fingerprint density at radius 3 is 2.80 bits per heavy atom. The van der Waals surface area contributed by atoms with Crippen molar-refractivity contribution in [3.63, 3.8) is 0 Å². The van der Waals surface area contributed by atoms with Gasteiger partial charge in [-0.2, -0.15) is 0 Å². The van der Waals surface area contributed by atoms with Crippen LogP contribution < -0.4 is 9.46 Å². The first kappa shape index (κ1) is 18.2. The van der Waals surface area contributed by atoms with Crippen LogP contribution in [0.25, 0.3) is 0 Å². The Kier molecular flexibility index (Phi) is 5.04. The summed E-state index contributed by atoms with van der Waals surface area (Å²) in [6.45, 7) is 2.08. The summed E-state index contributed by atoms with van der Waals surface area (Å²) in [5, 5.41) is 0. The van der Waals surface area contributed by atoms with Gasteiger partial charge in [0.1, 0.15) is 11.4 Å². The highest BCUT2D eigenvalue weighted by Crippen LogP contribution is 2.36. The van der Waals surface area contributed by atoms with Gasteiger partial charge in [-0.15, -0.1) is 0 Å². The van der Waals surface area contributed by atoms with Crippen LogP contribution in [0.4, 0.5) is 0 Å². The third-order valence-corrected chi connectivity index (χ3v) is 5.52. The minimum Gasteiger partial charge on any atom is -0.497 e. The van der Waals surface area contributed by atoms with E-state index in [1.54, 1.807) is 30.2 Å². The molecule has 1 aromatic carbocycles. The maximum absolute atomic E-state index is 12.5. The molecule has 2 heterocycles. The van der Waals surface area contributed by atoms with Crippen LogP contribution >= 0.6 is 0 Å². The van der Waals surface area contributed by atoms with E-state index in [4.69, 9.17) is 9.47 Å². The molecule has 1 spiro atoms. The minimum atomic E-state index is -3.17. The monoisotopic (exact) mass is 368 g/mol. The average molecular weight is 368 g/mol. The summed E-state index contributed by atoms with van der Waals surface area (Å²) in [5.41, 5.74) is 0.344. The number of nitrogens with zero attached hydrogens (tertiary/aromatic N) is 1. The number of carbonyl (C=O) groups is 1. The van der Waals surface area contributed by atoms with E-state index in [-0.39, 0.29) is 17.4 Å². The van der Waals surface area contributed by atoms with Crippen molar-refractivity contribution < 1.29 is 22.7 Å². The standard InChI is InChI=1S/C17H24N2O5S/c1-23-15-5-3-4-14(8-15)16(20)19-11-17(12-19)7-6-13(10-24-17)9-18-25(2,21)22/h3-5,8,13,18H,6-7,9-12H2,1-2H3/t13-/m0/s1. The van der Waals surface area contributed by atoms with Gasteiger partial charge in [0.2, 0.25) is 10.0 Å². The first-order chi connectivity index (χ1) is 11.8. The molecular weight excluding hydrogens is 344 g/mol. The normalized spacial score (nSPS) is 22.5. The van der Waals surface area contributed by atoms with Crippen molar-refractivity contribution >= 4 is 15.9 Å². The van der Waals surface area contributed by atoms with Gasteiger partial charge in [-0.3, -0.25) is 4.79 Å². The van der Waals surface area contributed by atoms with Crippen LogP contribution in [-0.4, -0.2) is 64.4 Å². The van der Waals surface area contributed by atoms with Gasteiger partial charge < -0.3 is 14.4 Å². The van der Waals surface area contributed by atoms with Gasteiger partial charge in [0.05, 0.1) is 33.1 Å². The van der Waals surface area contributed by atoms with E-state index in [1.165, 1.54) is 0 Å². The van der Waals surface area contributed by atoms with Crippen LogP contribution in [0, 0.1) is 5.92 Å². The van der Waals surface area contributed by atoms with Gasteiger partial charge in [0.15, 0.2) is 0 Å². The molecule has 2 fully saturated rings. The zero-order chi connectivity index (χ0) is 18.1. The number of nitrogens with one attached hydrogen (secondary N) is 1. The van der Waals surface area contributed by atoms with E-state index in [0.717, 1.165) is 19.1 Å². The number of hydrogen-bond acceptors (Lipinski definition) is 5. The molecule has 1 aromatic rings. The Labute approximate surface area is 148 Å². The van der Waals surface area contributed by atoms with Gasteiger partial charge in [-0.25, -0.2) is 13.1 Å². The Balaban J connectivity index is 1.50. The second-order valence-corrected chi connectivity index (χ2v) is 8.75. The molecule has 25 heavy (non-hydrogen) atoms. The Morgan fingerprint density at radius 2 is 2.20 bits per heavy atom. The van der Waals surface area contributed by atoms with Gasteiger partial charge in [-0.05, 0) is 37.0 Å².